The molecule has 0 aliphatic heterocycles. The first-order chi connectivity index (χ1) is 13.5. The van der Waals surface area contributed by atoms with Crippen LogP contribution >= 0.6 is 0 Å². The highest BCUT2D eigenvalue weighted by Crippen LogP contribution is 2.21. The van der Waals surface area contributed by atoms with Gasteiger partial charge in [0, 0.05) is 18.6 Å². The summed E-state index contributed by atoms with van der Waals surface area (Å²) in [7, 11) is 0. The second-order valence-corrected chi connectivity index (χ2v) is 6.19. The lowest BCUT2D eigenvalue weighted by atomic mass is 10.1. The molecule has 144 valence electrons. The molecule has 3 aromatic rings. The van der Waals surface area contributed by atoms with Crippen molar-refractivity contribution in [2.75, 3.05) is 11.9 Å². The molecular formula is C20H21N5O3. The van der Waals surface area contributed by atoms with Gasteiger partial charge in [0.05, 0.1) is 30.7 Å². The number of pyridine rings is 2. The Morgan fingerprint density at radius 1 is 1.18 bits per heavy atom. The molecule has 28 heavy (non-hydrogen) atoms. The number of aryl methyl sites for hydroxylation is 2. The Balaban J connectivity index is 1.90. The zero-order valence-corrected chi connectivity index (χ0v) is 16.0. The minimum absolute atomic E-state index is 0.0515. The lowest BCUT2D eigenvalue weighted by Gasteiger charge is -2.12. The van der Waals surface area contributed by atoms with Crippen molar-refractivity contribution in [1.29, 1.82) is 0 Å². The van der Waals surface area contributed by atoms with Crippen LogP contribution in [0.15, 0.2) is 47.8 Å². The molecule has 0 unspecified atom stereocenters. The maximum absolute atomic E-state index is 12.9. The molecule has 3 rings (SSSR count). The van der Waals surface area contributed by atoms with Crippen molar-refractivity contribution in [1.82, 2.24) is 19.5 Å². The van der Waals surface area contributed by atoms with Crippen LogP contribution in [-0.4, -0.2) is 32.0 Å². The van der Waals surface area contributed by atoms with Crippen LogP contribution in [0, 0.1) is 13.8 Å². The van der Waals surface area contributed by atoms with Gasteiger partial charge < -0.3 is 14.6 Å². The summed E-state index contributed by atoms with van der Waals surface area (Å²) < 4.78 is 6.90. The molecule has 1 amide bonds. The fraction of sp³-hybridized carbons (Fsp3) is 0.250. The number of ether oxygens (including phenoxy) is 1. The highest BCUT2D eigenvalue weighted by molar-refractivity contribution is 6.05. The van der Waals surface area contributed by atoms with E-state index in [9.17, 15) is 9.59 Å². The number of hydrogen-bond donors (Lipinski definition) is 1. The van der Waals surface area contributed by atoms with Gasteiger partial charge in [-0.1, -0.05) is 0 Å². The molecule has 8 nitrogen and oxygen atoms in total. The molecule has 3 heterocycles. The second kappa shape index (κ2) is 8.43. The maximum Gasteiger partial charge on any atom is 0.264 e. The number of carbonyl (C=O) groups excluding carboxylic acids is 1. The molecule has 0 fully saturated rings. The van der Waals surface area contributed by atoms with Crippen molar-refractivity contribution in [3.63, 3.8) is 0 Å². The van der Waals surface area contributed by atoms with E-state index < -0.39 is 11.5 Å². The first kappa shape index (κ1) is 19.2. The Hall–Kier alpha value is -3.55. The summed E-state index contributed by atoms with van der Waals surface area (Å²) in [5.74, 6) is 0.182. The maximum atomic E-state index is 12.9. The van der Waals surface area contributed by atoms with E-state index in [4.69, 9.17) is 4.74 Å². The molecule has 0 saturated heterocycles. The molecule has 0 spiro atoms. The SMILES string of the molecule is CCOc1cccnc1NC(=O)c1c(C)ccn(Cc2cnc(C)cn2)c1=O. The Labute approximate surface area is 162 Å². The number of hydrogen-bond acceptors (Lipinski definition) is 6. The zero-order valence-electron chi connectivity index (χ0n) is 16.0. The van der Waals surface area contributed by atoms with Crippen LogP contribution < -0.4 is 15.6 Å². The highest BCUT2D eigenvalue weighted by Gasteiger charge is 2.18. The van der Waals surface area contributed by atoms with E-state index in [1.165, 1.54) is 4.57 Å². The molecular weight excluding hydrogens is 358 g/mol. The van der Waals surface area contributed by atoms with Gasteiger partial charge in [0.15, 0.2) is 11.6 Å². The number of amides is 1. The summed E-state index contributed by atoms with van der Waals surface area (Å²) in [5, 5.41) is 2.68. The van der Waals surface area contributed by atoms with Gasteiger partial charge in [-0.15, -0.1) is 0 Å². The van der Waals surface area contributed by atoms with Crippen LogP contribution in [0.3, 0.4) is 0 Å². The smallest absolute Gasteiger partial charge is 0.264 e. The van der Waals surface area contributed by atoms with E-state index in [1.807, 2.05) is 13.8 Å². The lowest BCUT2D eigenvalue weighted by molar-refractivity contribution is 0.102. The standard InChI is InChI=1S/C20H21N5O3/c1-4-28-16-6-5-8-21-18(16)24-19(26)17-13(2)7-9-25(20(17)27)12-15-11-22-14(3)10-23-15/h5-11H,4,12H2,1-3H3,(H,21,24,26). The van der Waals surface area contributed by atoms with Crippen molar-refractivity contribution in [3.05, 3.63) is 75.9 Å². The fourth-order valence-electron chi connectivity index (χ4n) is 2.67. The van der Waals surface area contributed by atoms with Crippen LogP contribution in [-0.2, 0) is 6.54 Å². The molecule has 0 bridgehead atoms. The lowest BCUT2D eigenvalue weighted by Crippen LogP contribution is -2.31. The number of nitrogens with zero attached hydrogens (tertiary/aromatic N) is 4. The third-order valence-corrected chi connectivity index (χ3v) is 4.07. The van der Waals surface area contributed by atoms with Crippen LogP contribution in [0.25, 0.3) is 0 Å². The van der Waals surface area contributed by atoms with Crippen LogP contribution in [0.4, 0.5) is 5.82 Å². The Morgan fingerprint density at radius 3 is 2.71 bits per heavy atom. The van der Waals surface area contributed by atoms with E-state index in [1.54, 1.807) is 49.9 Å². The largest absolute Gasteiger partial charge is 0.490 e. The Bertz CT molecular complexity index is 1040. The molecule has 8 heteroatoms. The molecule has 0 atom stereocenters. The summed E-state index contributed by atoms with van der Waals surface area (Å²) in [5.41, 5.74) is 1.64. The van der Waals surface area contributed by atoms with Gasteiger partial charge in [-0.2, -0.15) is 0 Å². The minimum atomic E-state index is -0.536. The summed E-state index contributed by atoms with van der Waals surface area (Å²) in [4.78, 5) is 38.3. The average Bonchev–Trinajstić information content (AvgIpc) is 2.67. The normalized spacial score (nSPS) is 10.5. The number of rotatable bonds is 6. The molecule has 0 aliphatic carbocycles. The van der Waals surface area contributed by atoms with Gasteiger partial charge in [-0.05, 0) is 44.5 Å². The van der Waals surface area contributed by atoms with Gasteiger partial charge in [0.2, 0.25) is 0 Å². The van der Waals surface area contributed by atoms with E-state index in [0.717, 1.165) is 5.69 Å². The first-order valence-corrected chi connectivity index (χ1v) is 8.86. The monoisotopic (exact) mass is 379 g/mol. The average molecular weight is 379 g/mol. The van der Waals surface area contributed by atoms with E-state index in [2.05, 4.69) is 20.3 Å². The summed E-state index contributed by atoms with van der Waals surface area (Å²) in [6.45, 7) is 6.05. The highest BCUT2D eigenvalue weighted by atomic mass is 16.5. The number of nitrogens with one attached hydrogen (secondary N) is 1. The van der Waals surface area contributed by atoms with Gasteiger partial charge in [-0.25, -0.2) is 4.98 Å². The summed E-state index contributed by atoms with van der Waals surface area (Å²) in [6, 6.07) is 5.14. The second-order valence-electron chi connectivity index (χ2n) is 6.19. The van der Waals surface area contributed by atoms with E-state index in [-0.39, 0.29) is 17.9 Å². The van der Waals surface area contributed by atoms with E-state index in [0.29, 0.717) is 23.6 Å². The predicted octanol–water partition coefficient (Wildman–Crippen LogP) is 2.35. The van der Waals surface area contributed by atoms with Crippen molar-refractivity contribution >= 4 is 11.7 Å². The van der Waals surface area contributed by atoms with Crippen molar-refractivity contribution in [2.45, 2.75) is 27.3 Å². The Kier molecular flexibility index (Phi) is 5.78. The van der Waals surface area contributed by atoms with Gasteiger partial charge >= 0.3 is 0 Å². The van der Waals surface area contributed by atoms with Crippen LogP contribution in [0.1, 0.15) is 34.2 Å². The molecule has 0 aliphatic rings. The van der Waals surface area contributed by atoms with Gasteiger partial charge in [0.1, 0.15) is 5.56 Å². The number of anilines is 1. The topological polar surface area (TPSA) is 99.0 Å². The van der Waals surface area contributed by atoms with Crippen molar-refractivity contribution in [2.24, 2.45) is 0 Å². The third kappa shape index (κ3) is 4.22. The number of aromatic nitrogens is 4. The first-order valence-electron chi connectivity index (χ1n) is 8.86. The van der Waals surface area contributed by atoms with Crippen LogP contribution in [0.5, 0.6) is 5.75 Å². The molecule has 1 N–H and O–H groups in total. The quantitative estimate of drug-likeness (QED) is 0.706. The van der Waals surface area contributed by atoms with E-state index >= 15 is 0 Å². The fourth-order valence-corrected chi connectivity index (χ4v) is 2.67. The third-order valence-electron chi connectivity index (χ3n) is 4.07. The van der Waals surface area contributed by atoms with Crippen molar-refractivity contribution in [3.8, 4) is 5.75 Å². The Morgan fingerprint density at radius 2 is 2.00 bits per heavy atom. The molecule has 0 saturated carbocycles. The van der Waals surface area contributed by atoms with Crippen LogP contribution in [0.2, 0.25) is 0 Å². The van der Waals surface area contributed by atoms with Gasteiger partial charge in [-0.3, -0.25) is 19.6 Å². The minimum Gasteiger partial charge on any atom is -0.490 e. The molecule has 0 aromatic carbocycles. The van der Waals surface area contributed by atoms with Gasteiger partial charge in [0.25, 0.3) is 11.5 Å². The van der Waals surface area contributed by atoms with Crippen molar-refractivity contribution < 1.29 is 9.53 Å². The predicted molar refractivity (Wildman–Crippen MR) is 105 cm³/mol. The molecule has 3 aromatic heterocycles. The zero-order chi connectivity index (χ0) is 20.1. The summed E-state index contributed by atoms with van der Waals surface area (Å²) in [6.07, 6.45) is 6.44. The number of carbonyl (C=O) groups is 1. The summed E-state index contributed by atoms with van der Waals surface area (Å²) >= 11 is 0. The molecule has 0 radical (unpaired) electrons.